The molecule has 2 heterocycles. The van der Waals surface area contributed by atoms with Gasteiger partial charge in [0.25, 0.3) is 0 Å². The van der Waals surface area contributed by atoms with E-state index < -0.39 is 0 Å². The fourth-order valence-corrected chi connectivity index (χ4v) is 4.20. The molecule has 104 valence electrons. The van der Waals surface area contributed by atoms with Crippen LogP contribution >= 0.6 is 0 Å². The van der Waals surface area contributed by atoms with Crippen molar-refractivity contribution in [3.05, 3.63) is 35.4 Å². The lowest BCUT2D eigenvalue weighted by molar-refractivity contribution is -0.116. The molecule has 2 bridgehead atoms. The summed E-state index contributed by atoms with van der Waals surface area (Å²) in [5.41, 5.74) is 1.90. The number of phenols is 1. The lowest BCUT2D eigenvalue weighted by Gasteiger charge is -2.44. The molecule has 3 atom stereocenters. The number of ether oxygens (including phenoxy) is 1. The van der Waals surface area contributed by atoms with Gasteiger partial charge in [0.2, 0.25) is 0 Å². The molecule has 1 aromatic rings. The standard InChI is InChI=1S/C16H17NO3/c1-20-12-3-2-10-9-17-7-6-16(14(10)15(12)19)5-4-11(18)8-13(16)17/h2-5,13,19H,6-9H2,1H3/t13-,16+/m0/s1. The predicted octanol–water partition coefficient (Wildman–Crippen LogP) is 1.76. The van der Waals surface area contributed by atoms with Gasteiger partial charge in [-0.05, 0) is 24.1 Å². The van der Waals surface area contributed by atoms with Gasteiger partial charge in [-0.25, -0.2) is 0 Å². The van der Waals surface area contributed by atoms with Crippen LogP contribution in [-0.2, 0) is 16.8 Å². The molecule has 1 aromatic carbocycles. The molecule has 4 nitrogen and oxygen atoms in total. The van der Waals surface area contributed by atoms with Crippen LogP contribution in [0.2, 0.25) is 0 Å². The Morgan fingerprint density at radius 3 is 3.10 bits per heavy atom. The largest absolute Gasteiger partial charge is 0.504 e. The van der Waals surface area contributed by atoms with Crippen molar-refractivity contribution in [2.45, 2.75) is 30.8 Å². The first-order valence-electron chi connectivity index (χ1n) is 7.01. The Balaban J connectivity index is 1.99. The number of carbonyl (C=O) groups is 1. The van der Waals surface area contributed by atoms with Gasteiger partial charge < -0.3 is 9.84 Å². The van der Waals surface area contributed by atoms with Crippen LogP contribution < -0.4 is 4.74 Å². The summed E-state index contributed by atoms with van der Waals surface area (Å²) in [6, 6.07) is 4.04. The van der Waals surface area contributed by atoms with Crippen molar-refractivity contribution in [1.82, 2.24) is 4.90 Å². The van der Waals surface area contributed by atoms with E-state index in [4.69, 9.17) is 4.74 Å². The van der Waals surface area contributed by atoms with Gasteiger partial charge in [0.1, 0.15) is 0 Å². The number of hydrogen-bond donors (Lipinski definition) is 1. The predicted molar refractivity (Wildman–Crippen MR) is 73.9 cm³/mol. The summed E-state index contributed by atoms with van der Waals surface area (Å²) in [6.45, 7) is 1.78. The van der Waals surface area contributed by atoms with Crippen molar-refractivity contribution >= 4 is 5.78 Å². The van der Waals surface area contributed by atoms with E-state index in [2.05, 4.69) is 4.90 Å². The number of rotatable bonds is 1. The second-order valence-corrected chi connectivity index (χ2v) is 5.93. The maximum Gasteiger partial charge on any atom is 0.162 e. The Morgan fingerprint density at radius 2 is 2.30 bits per heavy atom. The van der Waals surface area contributed by atoms with E-state index in [0.29, 0.717) is 12.2 Å². The van der Waals surface area contributed by atoms with Crippen molar-refractivity contribution in [3.63, 3.8) is 0 Å². The van der Waals surface area contributed by atoms with Crippen LogP contribution in [0.25, 0.3) is 0 Å². The van der Waals surface area contributed by atoms with Crippen LogP contribution in [-0.4, -0.2) is 35.5 Å². The van der Waals surface area contributed by atoms with Gasteiger partial charge in [0, 0.05) is 36.5 Å². The molecule has 0 aromatic heterocycles. The Kier molecular flexibility index (Phi) is 2.31. The second kappa shape index (κ2) is 3.85. The topological polar surface area (TPSA) is 49.8 Å². The Labute approximate surface area is 117 Å². The number of methoxy groups -OCH3 is 1. The monoisotopic (exact) mass is 271 g/mol. The molecule has 1 fully saturated rings. The van der Waals surface area contributed by atoms with Crippen molar-refractivity contribution in [2.75, 3.05) is 13.7 Å². The number of ketones is 1. The highest BCUT2D eigenvalue weighted by molar-refractivity contribution is 5.92. The second-order valence-electron chi connectivity index (χ2n) is 5.93. The lowest BCUT2D eigenvalue weighted by Crippen LogP contribution is -2.48. The number of aromatic hydroxyl groups is 1. The lowest BCUT2D eigenvalue weighted by atomic mass is 9.66. The number of phenolic OH excluding ortho intramolecular Hbond substituents is 1. The molecular weight excluding hydrogens is 254 g/mol. The molecule has 3 aliphatic rings. The van der Waals surface area contributed by atoms with E-state index >= 15 is 0 Å². The Morgan fingerprint density at radius 1 is 1.45 bits per heavy atom. The maximum atomic E-state index is 11.8. The molecule has 1 unspecified atom stereocenters. The van der Waals surface area contributed by atoms with Gasteiger partial charge in [-0.1, -0.05) is 12.1 Å². The van der Waals surface area contributed by atoms with Crippen molar-refractivity contribution in [2.24, 2.45) is 0 Å². The Bertz CT molecular complexity index is 637. The zero-order valence-electron chi connectivity index (χ0n) is 11.4. The summed E-state index contributed by atoms with van der Waals surface area (Å²) in [4.78, 5) is 14.1. The molecule has 4 rings (SSSR count). The molecule has 20 heavy (non-hydrogen) atoms. The molecule has 0 amide bonds. The van der Waals surface area contributed by atoms with Crippen LogP contribution in [0.4, 0.5) is 0 Å². The van der Waals surface area contributed by atoms with E-state index in [1.54, 1.807) is 13.2 Å². The molecule has 2 aliphatic heterocycles. The molecule has 0 saturated carbocycles. The maximum absolute atomic E-state index is 11.8. The highest BCUT2D eigenvalue weighted by Crippen LogP contribution is 2.54. The third-order valence-corrected chi connectivity index (χ3v) is 5.10. The smallest absolute Gasteiger partial charge is 0.162 e. The highest BCUT2D eigenvalue weighted by atomic mass is 16.5. The minimum absolute atomic E-state index is 0.184. The first-order valence-corrected chi connectivity index (χ1v) is 7.01. The summed E-state index contributed by atoms with van der Waals surface area (Å²) in [5, 5.41) is 10.6. The van der Waals surface area contributed by atoms with Gasteiger partial charge in [-0.3, -0.25) is 9.69 Å². The number of fused-ring (bicyclic) bond motifs is 1. The average molecular weight is 271 g/mol. The van der Waals surface area contributed by atoms with Gasteiger partial charge in [0.15, 0.2) is 17.3 Å². The highest BCUT2D eigenvalue weighted by Gasteiger charge is 2.54. The minimum atomic E-state index is -0.222. The van der Waals surface area contributed by atoms with Gasteiger partial charge in [-0.2, -0.15) is 0 Å². The fraction of sp³-hybridized carbons (Fsp3) is 0.438. The number of carbonyl (C=O) groups excluding carboxylic acids is 1. The van der Waals surface area contributed by atoms with Crippen molar-refractivity contribution in [3.8, 4) is 11.5 Å². The third kappa shape index (κ3) is 1.32. The van der Waals surface area contributed by atoms with Crippen LogP contribution in [0.3, 0.4) is 0 Å². The van der Waals surface area contributed by atoms with Crippen LogP contribution in [0, 0.1) is 0 Å². The van der Waals surface area contributed by atoms with E-state index in [9.17, 15) is 9.90 Å². The minimum Gasteiger partial charge on any atom is -0.504 e. The first-order chi connectivity index (χ1) is 9.65. The summed E-state index contributed by atoms with van der Waals surface area (Å²) in [5.74, 6) is 0.946. The first kappa shape index (κ1) is 12.0. The summed E-state index contributed by atoms with van der Waals surface area (Å²) >= 11 is 0. The van der Waals surface area contributed by atoms with Gasteiger partial charge >= 0.3 is 0 Å². The van der Waals surface area contributed by atoms with E-state index in [-0.39, 0.29) is 23.0 Å². The van der Waals surface area contributed by atoms with E-state index in [1.807, 2.05) is 18.2 Å². The molecule has 1 N–H and O–H groups in total. The molecule has 1 saturated heterocycles. The normalized spacial score (nSPS) is 33.8. The summed E-state index contributed by atoms with van der Waals surface area (Å²) in [6.07, 6.45) is 5.20. The zero-order chi connectivity index (χ0) is 13.9. The molecule has 0 spiro atoms. The number of nitrogens with zero attached hydrogens (tertiary/aromatic N) is 1. The number of benzene rings is 1. The molecule has 0 radical (unpaired) electrons. The van der Waals surface area contributed by atoms with Crippen LogP contribution in [0.1, 0.15) is 24.0 Å². The van der Waals surface area contributed by atoms with Crippen molar-refractivity contribution in [1.29, 1.82) is 0 Å². The Hall–Kier alpha value is -1.81. The molecular formula is C16H17NO3. The van der Waals surface area contributed by atoms with E-state index in [1.165, 1.54) is 0 Å². The fourth-order valence-electron chi connectivity index (χ4n) is 4.20. The van der Waals surface area contributed by atoms with Crippen LogP contribution in [0.15, 0.2) is 24.3 Å². The SMILES string of the molecule is COc1ccc2c(c1O)[C@@]13C=CC(=O)C[C@@H]1N(CC3)C2. The summed E-state index contributed by atoms with van der Waals surface area (Å²) < 4.78 is 5.26. The summed E-state index contributed by atoms with van der Waals surface area (Å²) in [7, 11) is 1.57. The number of allylic oxidation sites excluding steroid dienone is 1. The van der Waals surface area contributed by atoms with E-state index in [0.717, 1.165) is 30.6 Å². The van der Waals surface area contributed by atoms with Crippen LogP contribution in [0.5, 0.6) is 11.5 Å². The van der Waals surface area contributed by atoms with Gasteiger partial charge in [-0.15, -0.1) is 0 Å². The number of hydrogen-bond acceptors (Lipinski definition) is 4. The average Bonchev–Trinajstić information content (AvgIpc) is 2.70. The molecule has 1 aliphatic carbocycles. The van der Waals surface area contributed by atoms with Crippen molar-refractivity contribution < 1.29 is 14.6 Å². The third-order valence-electron chi connectivity index (χ3n) is 5.10. The quantitative estimate of drug-likeness (QED) is 0.845. The van der Waals surface area contributed by atoms with Gasteiger partial charge in [0.05, 0.1) is 7.11 Å². The zero-order valence-corrected chi connectivity index (χ0v) is 11.4. The molecule has 4 heteroatoms.